The predicted molar refractivity (Wildman–Crippen MR) is 70.0 cm³/mol. The van der Waals surface area contributed by atoms with Gasteiger partial charge in [-0.05, 0) is 12.0 Å². The third-order valence-electron chi connectivity index (χ3n) is 2.74. The molecule has 1 aromatic rings. The van der Waals surface area contributed by atoms with Crippen LogP contribution in [0.2, 0.25) is 0 Å². The third kappa shape index (κ3) is 3.03. The lowest BCUT2D eigenvalue weighted by Gasteiger charge is -2.20. The molecular formula is C12H20N4O2. The van der Waals surface area contributed by atoms with Gasteiger partial charge in [0, 0.05) is 20.3 Å². The Morgan fingerprint density at radius 2 is 2.00 bits per heavy atom. The second-order valence-electron chi connectivity index (χ2n) is 4.58. The van der Waals surface area contributed by atoms with E-state index >= 15 is 0 Å². The molecule has 1 aromatic heterocycles. The molecule has 0 unspecified atom stereocenters. The van der Waals surface area contributed by atoms with E-state index in [1.165, 1.54) is 0 Å². The van der Waals surface area contributed by atoms with Crippen LogP contribution in [0, 0.1) is 5.92 Å². The number of hydrogen-bond acceptors (Lipinski definition) is 3. The fourth-order valence-corrected chi connectivity index (χ4v) is 1.72. The number of rotatable bonds is 4. The summed E-state index contributed by atoms with van der Waals surface area (Å²) >= 11 is 0. The number of hydrogen-bond donors (Lipinski definition) is 3. The van der Waals surface area contributed by atoms with Gasteiger partial charge in [-0.3, -0.25) is 9.59 Å². The first kappa shape index (κ1) is 14.1. The molecule has 0 aliphatic heterocycles. The summed E-state index contributed by atoms with van der Waals surface area (Å²) in [4.78, 5) is 23.7. The van der Waals surface area contributed by atoms with Gasteiger partial charge in [0.1, 0.15) is 11.7 Å². The average Bonchev–Trinajstić information content (AvgIpc) is 2.63. The summed E-state index contributed by atoms with van der Waals surface area (Å²) in [5, 5.41) is 5.25. The molecule has 0 saturated carbocycles. The van der Waals surface area contributed by atoms with Crippen molar-refractivity contribution in [1.29, 1.82) is 0 Å². The Bertz CT molecular complexity index is 451. The molecule has 0 saturated heterocycles. The van der Waals surface area contributed by atoms with Gasteiger partial charge in [0.05, 0.1) is 5.69 Å². The fourth-order valence-electron chi connectivity index (χ4n) is 1.72. The number of carbonyl (C=O) groups is 2. The van der Waals surface area contributed by atoms with Gasteiger partial charge in [-0.15, -0.1) is 0 Å². The minimum atomic E-state index is -0.557. The van der Waals surface area contributed by atoms with Crippen molar-refractivity contribution >= 4 is 17.5 Å². The highest BCUT2D eigenvalue weighted by Gasteiger charge is 2.24. The van der Waals surface area contributed by atoms with E-state index in [1.807, 2.05) is 13.8 Å². The molecule has 18 heavy (non-hydrogen) atoms. The van der Waals surface area contributed by atoms with Crippen LogP contribution in [0.3, 0.4) is 0 Å². The van der Waals surface area contributed by atoms with Crippen LogP contribution in [0.1, 0.15) is 24.3 Å². The van der Waals surface area contributed by atoms with Crippen molar-refractivity contribution in [3.63, 3.8) is 0 Å². The average molecular weight is 252 g/mol. The SMILES string of the molecule is CNC(=O)[C@@H](NC(=O)c1cc(N)cn1C)C(C)C. The third-order valence-corrected chi connectivity index (χ3v) is 2.74. The van der Waals surface area contributed by atoms with Crippen molar-refractivity contribution < 1.29 is 9.59 Å². The largest absolute Gasteiger partial charge is 0.397 e. The molecular weight excluding hydrogens is 232 g/mol. The first-order valence-corrected chi connectivity index (χ1v) is 5.81. The summed E-state index contributed by atoms with van der Waals surface area (Å²) in [7, 11) is 3.28. The smallest absolute Gasteiger partial charge is 0.268 e. The van der Waals surface area contributed by atoms with E-state index in [2.05, 4.69) is 10.6 Å². The van der Waals surface area contributed by atoms with Crippen LogP contribution in [0.25, 0.3) is 0 Å². The van der Waals surface area contributed by atoms with E-state index in [4.69, 9.17) is 5.73 Å². The summed E-state index contributed by atoms with van der Waals surface area (Å²) < 4.78 is 1.63. The molecule has 2 amide bonds. The van der Waals surface area contributed by atoms with Gasteiger partial charge in [0.15, 0.2) is 0 Å². The lowest BCUT2D eigenvalue weighted by Crippen LogP contribution is -2.49. The second kappa shape index (κ2) is 5.57. The highest BCUT2D eigenvalue weighted by molar-refractivity contribution is 5.97. The van der Waals surface area contributed by atoms with Gasteiger partial charge in [-0.25, -0.2) is 0 Å². The molecule has 1 rings (SSSR count). The van der Waals surface area contributed by atoms with Crippen LogP contribution >= 0.6 is 0 Å². The monoisotopic (exact) mass is 252 g/mol. The lowest BCUT2D eigenvalue weighted by atomic mass is 10.0. The minimum Gasteiger partial charge on any atom is -0.397 e. The van der Waals surface area contributed by atoms with Gasteiger partial charge in [0.2, 0.25) is 5.91 Å². The Balaban J connectivity index is 2.85. The Morgan fingerprint density at radius 1 is 1.39 bits per heavy atom. The zero-order valence-corrected chi connectivity index (χ0v) is 11.2. The number of aryl methyl sites for hydroxylation is 1. The van der Waals surface area contributed by atoms with Crippen molar-refractivity contribution in [3.05, 3.63) is 18.0 Å². The number of likely N-dealkylation sites (N-methyl/N-ethyl adjacent to an activating group) is 1. The van der Waals surface area contributed by atoms with Crippen LogP contribution < -0.4 is 16.4 Å². The maximum Gasteiger partial charge on any atom is 0.268 e. The number of nitrogens with one attached hydrogen (secondary N) is 2. The van der Waals surface area contributed by atoms with Crippen molar-refractivity contribution in [3.8, 4) is 0 Å². The summed E-state index contributed by atoms with van der Waals surface area (Å²) in [5.74, 6) is -0.511. The number of amides is 2. The van der Waals surface area contributed by atoms with E-state index in [9.17, 15) is 9.59 Å². The Morgan fingerprint density at radius 3 is 2.39 bits per heavy atom. The lowest BCUT2D eigenvalue weighted by molar-refractivity contribution is -0.123. The van der Waals surface area contributed by atoms with E-state index in [0.717, 1.165) is 0 Å². The predicted octanol–water partition coefficient (Wildman–Crippen LogP) is 0.108. The molecule has 0 radical (unpaired) electrons. The van der Waals surface area contributed by atoms with Gasteiger partial charge in [0.25, 0.3) is 5.91 Å². The van der Waals surface area contributed by atoms with Crippen LogP contribution in [0.15, 0.2) is 12.3 Å². The number of nitrogen functional groups attached to an aromatic ring is 1. The van der Waals surface area contributed by atoms with E-state index in [-0.39, 0.29) is 17.7 Å². The standard InChI is InChI=1S/C12H20N4O2/c1-7(2)10(12(18)14-3)15-11(17)9-5-8(13)6-16(9)4/h5-7,10H,13H2,1-4H3,(H,14,18)(H,15,17)/t10-/m0/s1. The molecule has 0 bridgehead atoms. The van der Waals surface area contributed by atoms with Gasteiger partial charge >= 0.3 is 0 Å². The highest BCUT2D eigenvalue weighted by atomic mass is 16.2. The maximum absolute atomic E-state index is 12.0. The van der Waals surface area contributed by atoms with Gasteiger partial charge in [-0.1, -0.05) is 13.8 Å². The topological polar surface area (TPSA) is 89.2 Å². The van der Waals surface area contributed by atoms with Crippen molar-refractivity contribution in [2.24, 2.45) is 13.0 Å². The molecule has 0 aromatic carbocycles. The number of nitrogens with zero attached hydrogens (tertiary/aromatic N) is 1. The highest BCUT2D eigenvalue weighted by Crippen LogP contribution is 2.10. The maximum atomic E-state index is 12.0. The van der Waals surface area contributed by atoms with E-state index in [1.54, 1.807) is 30.9 Å². The van der Waals surface area contributed by atoms with Crippen LogP contribution in [-0.2, 0) is 11.8 Å². The first-order chi connectivity index (χ1) is 8.36. The molecule has 6 heteroatoms. The molecule has 1 atom stereocenters. The summed E-state index contributed by atoms with van der Waals surface area (Å²) in [6, 6.07) is 1.02. The Hall–Kier alpha value is -1.98. The Labute approximate surface area is 107 Å². The van der Waals surface area contributed by atoms with Crippen LogP contribution in [-0.4, -0.2) is 29.5 Å². The summed E-state index contributed by atoms with van der Waals surface area (Å²) in [6.07, 6.45) is 1.65. The number of carbonyl (C=O) groups excluding carboxylic acids is 2. The molecule has 1 heterocycles. The normalized spacial score (nSPS) is 12.3. The molecule has 4 N–H and O–H groups in total. The number of anilines is 1. The molecule has 6 nitrogen and oxygen atoms in total. The minimum absolute atomic E-state index is 0.00603. The summed E-state index contributed by atoms with van der Waals surface area (Å²) in [6.45, 7) is 3.75. The second-order valence-corrected chi connectivity index (χ2v) is 4.58. The van der Waals surface area contributed by atoms with Crippen molar-refractivity contribution in [2.45, 2.75) is 19.9 Å². The van der Waals surface area contributed by atoms with Crippen LogP contribution in [0.5, 0.6) is 0 Å². The molecule has 0 fully saturated rings. The number of aromatic nitrogens is 1. The van der Waals surface area contributed by atoms with Crippen LogP contribution in [0.4, 0.5) is 5.69 Å². The molecule has 0 aliphatic carbocycles. The van der Waals surface area contributed by atoms with Crippen molar-refractivity contribution in [1.82, 2.24) is 15.2 Å². The molecule has 0 aliphatic rings. The molecule has 0 spiro atoms. The zero-order chi connectivity index (χ0) is 13.9. The quantitative estimate of drug-likeness (QED) is 0.710. The van der Waals surface area contributed by atoms with E-state index < -0.39 is 6.04 Å². The first-order valence-electron chi connectivity index (χ1n) is 5.81. The summed E-state index contributed by atoms with van der Waals surface area (Å²) in [5.41, 5.74) is 6.56. The fraction of sp³-hybridized carbons (Fsp3) is 0.500. The number of nitrogens with two attached hydrogens (primary N) is 1. The van der Waals surface area contributed by atoms with E-state index in [0.29, 0.717) is 11.4 Å². The Kier molecular flexibility index (Phi) is 4.36. The van der Waals surface area contributed by atoms with Gasteiger partial charge < -0.3 is 20.9 Å². The van der Waals surface area contributed by atoms with Crippen molar-refractivity contribution in [2.75, 3.05) is 12.8 Å². The van der Waals surface area contributed by atoms with Gasteiger partial charge in [-0.2, -0.15) is 0 Å². The zero-order valence-electron chi connectivity index (χ0n) is 11.2. The molecule has 100 valence electrons.